The number of hydrogen-bond acceptors (Lipinski definition) is 5. The molecule has 0 bridgehead atoms. The number of benzene rings is 3. The van der Waals surface area contributed by atoms with E-state index in [4.69, 9.17) is 0 Å². The van der Waals surface area contributed by atoms with Crippen molar-refractivity contribution in [2.75, 3.05) is 10.2 Å². The lowest BCUT2D eigenvalue weighted by Crippen LogP contribution is -2.51. The van der Waals surface area contributed by atoms with Crippen LogP contribution in [0.2, 0.25) is 0 Å². The van der Waals surface area contributed by atoms with Crippen LogP contribution in [0.1, 0.15) is 62.6 Å². The Morgan fingerprint density at radius 2 is 1.74 bits per heavy atom. The molecule has 0 aliphatic carbocycles. The molecule has 4 atom stereocenters. The molecule has 3 aromatic carbocycles. The van der Waals surface area contributed by atoms with Gasteiger partial charge in [-0.15, -0.1) is 11.3 Å². The summed E-state index contributed by atoms with van der Waals surface area (Å²) in [5, 5.41) is 4.99. The number of hydrogen-bond donors (Lipinski definition) is 1. The first kappa shape index (κ1) is 26.6. The first-order chi connectivity index (χ1) is 20.4. The van der Waals surface area contributed by atoms with E-state index in [-0.39, 0.29) is 17.5 Å². The van der Waals surface area contributed by atoms with E-state index in [1.807, 2.05) is 78.2 Å². The number of anilines is 2. The molecule has 1 saturated heterocycles. The average molecular weight is 573 g/mol. The van der Waals surface area contributed by atoms with Gasteiger partial charge >= 0.3 is 0 Å². The van der Waals surface area contributed by atoms with Crippen molar-refractivity contribution in [3.05, 3.63) is 123 Å². The maximum absolute atomic E-state index is 14.9. The second-order valence-corrected chi connectivity index (χ2v) is 12.6. The highest BCUT2D eigenvalue weighted by Crippen LogP contribution is 2.59. The van der Waals surface area contributed by atoms with Gasteiger partial charge in [-0.25, -0.2) is 0 Å². The van der Waals surface area contributed by atoms with Gasteiger partial charge in [0.05, 0.1) is 16.8 Å². The quantitative estimate of drug-likeness (QED) is 0.247. The van der Waals surface area contributed by atoms with E-state index in [1.54, 1.807) is 0 Å². The lowest BCUT2D eigenvalue weighted by molar-refractivity contribution is -0.121. The van der Waals surface area contributed by atoms with Gasteiger partial charge in [-0.2, -0.15) is 0 Å². The topological polar surface area (TPSA) is 66.5 Å². The summed E-state index contributed by atoms with van der Waals surface area (Å²) in [6, 6.07) is 23.8. The van der Waals surface area contributed by atoms with Crippen molar-refractivity contribution < 1.29 is 14.4 Å². The number of nitrogens with zero attached hydrogens (tertiary/aromatic N) is 1. The number of ketones is 2. The summed E-state index contributed by atoms with van der Waals surface area (Å²) >= 11 is 1.37. The van der Waals surface area contributed by atoms with Crippen LogP contribution in [0.15, 0.2) is 90.3 Å². The number of thiophene rings is 1. The third-order valence-corrected chi connectivity index (χ3v) is 10.1. The van der Waals surface area contributed by atoms with Crippen molar-refractivity contribution >= 4 is 45.8 Å². The van der Waals surface area contributed by atoms with Gasteiger partial charge in [0.1, 0.15) is 11.5 Å². The SMILES string of the molecule is CCCc1ccc(C(=O)[C@@H]2[C@H](C(=O)c3cccs3)N3c4ccc(C)cc4C(C)=C[C@H]3[C@@]23C(=O)Nc2ccccc23)cc1. The minimum Gasteiger partial charge on any atom is -0.352 e. The number of carbonyl (C=O) groups excluding carboxylic acids is 3. The second-order valence-electron chi connectivity index (χ2n) is 11.7. The van der Waals surface area contributed by atoms with E-state index >= 15 is 0 Å². The van der Waals surface area contributed by atoms with E-state index in [0.29, 0.717) is 16.1 Å². The molecule has 5 nitrogen and oxygen atoms in total. The summed E-state index contributed by atoms with van der Waals surface area (Å²) in [7, 11) is 0. The van der Waals surface area contributed by atoms with Crippen LogP contribution in [0, 0.1) is 12.8 Å². The van der Waals surface area contributed by atoms with Crippen LogP contribution in [-0.2, 0) is 16.6 Å². The number of rotatable bonds is 6. The number of para-hydroxylation sites is 1. The molecule has 3 aliphatic heterocycles. The molecule has 6 heteroatoms. The van der Waals surface area contributed by atoms with Crippen LogP contribution in [0.4, 0.5) is 11.4 Å². The van der Waals surface area contributed by atoms with E-state index in [0.717, 1.165) is 46.4 Å². The number of nitrogens with one attached hydrogen (secondary N) is 1. The van der Waals surface area contributed by atoms with Crippen LogP contribution < -0.4 is 10.2 Å². The van der Waals surface area contributed by atoms with Crippen LogP contribution in [-0.4, -0.2) is 29.6 Å². The number of aryl methyl sites for hydroxylation is 2. The zero-order chi connectivity index (χ0) is 29.2. The van der Waals surface area contributed by atoms with Crippen molar-refractivity contribution in [3.8, 4) is 0 Å². The highest BCUT2D eigenvalue weighted by atomic mass is 32.1. The van der Waals surface area contributed by atoms with Crippen molar-refractivity contribution in [2.24, 2.45) is 5.92 Å². The fourth-order valence-corrected chi connectivity index (χ4v) is 8.11. The summed E-state index contributed by atoms with van der Waals surface area (Å²) in [4.78, 5) is 46.7. The number of amides is 1. The Bertz CT molecular complexity index is 1770. The highest BCUT2D eigenvalue weighted by molar-refractivity contribution is 7.12. The number of allylic oxidation sites excluding steroid dienone is 1. The van der Waals surface area contributed by atoms with Crippen molar-refractivity contribution in [2.45, 2.75) is 51.1 Å². The molecule has 3 aliphatic rings. The molecular weight excluding hydrogens is 540 g/mol. The van der Waals surface area contributed by atoms with Crippen LogP contribution in [0.25, 0.3) is 5.57 Å². The molecule has 4 aromatic rings. The summed E-state index contributed by atoms with van der Waals surface area (Å²) < 4.78 is 0. The Kier molecular flexibility index (Phi) is 6.28. The fourth-order valence-electron chi connectivity index (χ4n) is 7.41. The highest BCUT2D eigenvalue weighted by Gasteiger charge is 2.70. The first-order valence-corrected chi connectivity index (χ1v) is 15.4. The molecule has 7 rings (SSSR count). The molecule has 1 aromatic heterocycles. The maximum Gasteiger partial charge on any atom is 0.238 e. The number of fused-ring (bicyclic) bond motifs is 6. The van der Waals surface area contributed by atoms with E-state index in [9.17, 15) is 14.4 Å². The molecule has 1 spiro atoms. The normalized spacial score (nSPS) is 23.7. The third kappa shape index (κ3) is 3.71. The molecule has 42 heavy (non-hydrogen) atoms. The van der Waals surface area contributed by atoms with Gasteiger partial charge in [-0.05, 0) is 66.6 Å². The molecule has 1 fully saturated rings. The molecule has 4 heterocycles. The van der Waals surface area contributed by atoms with Crippen LogP contribution in [0.5, 0.6) is 0 Å². The molecule has 210 valence electrons. The first-order valence-electron chi connectivity index (χ1n) is 14.6. The summed E-state index contributed by atoms with van der Waals surface area (Å²) in [5.74, 6) is -1.51. The molecule has 0 unspecified atom stereocenters. The van der Waals surface area contributed by atoms with Gasteiger partial charge in [0.25, 0.3) is 0 Å². The van der Waals surface area contributed by atoms with E-state index in [1.165, 1.54) is 11.3 Å². The predicted octanol–water partition coefficient (Wildman–Crippen LogP) is 7.26. The smallest absolute Gasteiger partial charge is 0.238 e. The van der Waals surface area contributed by atoms with Gasteiger partial charge in [0, 0.05) is 22.5 Å². The largest absolute Gasteiger partial charge is 0.352 e. The second kappa shape index (κ2) is 9.92. The minimum atomic E-state index is -1.29. The van der Waals surface area contributed by atoms with Gasteiger partial charge in [0.2, 0.25) is 5.91 Å². The van der Waals surface area contributed by atoms with Crippen molar-refractivity contribution in [3.63, 3.8) is 0 Å². The van der Waals surface area contributed by atoms with E-state index in [2.05, 4.69) is 43.1 Å². The zero-order valence-electron chi connectivity index (χ0n) is 23.9. The summed E-state index contributed by atoms with van der Waals surface area (Å²) in [6.45, 7) is 6.23. The zero-order valence-corrected chi connectivity index (χ0v) is 24.7. The number of carbonyl (C=O) groups is 3. The molecule has 1 N–H and O–H groups in total. The number of Topliss-reactive ketones (excluding diaryl/α,β-unsaturated/α-hetero) is 2. The Morgan fingerprint density at radius 1 is 0.952 bits per heavy atom. The van der Waals surface area contributed by atoms with Crippen LogP contribution in [0.3, 0.4) is 0 Å². The lowest BCUT2D eigenvalue weighted by Gasteiger charge is -2.39. The Morgan fingerprint density at radius 3 is 2.48 bits per heavy atom. The summed E-state index contributed by atoms with van der Waals surface area (Å²) in [6.07, 6.45) is 4.04. The Labute approximate surface area is 249 Å². The summed E-state index contributed by atoms with van der Waals surface area (Å²) in [5.41, 5.74) is 5.90. The molecule has 0 radical (unpaired) electrons. The molecule has 1 amide bonds. The molecular formula is C36H32N2O3S. The van der Waals surface area contributed by atoms with E-state index < -0.39 is 23.4 Å². The van der Waals surface area contributed by atoms with Gasteiger partial charge < -0.3 is 10.2 Å². The average Bonchev–Trinajstić information content (AvgIpc) is 3.70. The standard InChI is InChI=1S/C36H32N2O3S/c1-4-8-23-13-15-24(16-14-23)33(39)31-32(34(40)29-11-7-18-42-29)38-28-17-12-21(2)19-25(28)22(3)20-30(38)36(31)26-9-5-6-10-27(26)37-35(36)41/h5-7,9-20,30-32H,4,8H2,1-3H3,(H,37,41)/t30-,31-,32+,36+/m0/s1. The minimum absolute atomic E-state index is 0.135. The monoisotopic (exact) mass is 572 g/mol. The third-order valence-electron chi connectivity index (χ3n) is 9.22. The van der Waals surface area contributed by atoms with Crippen molar-refractivity contribution in [1.82, 2.24) is 0 Å². The Balaban J connectivity index is 1.52. The van der Waals surface area contributed by atoms with Crippen molar-refractivity contribution in [1.29, 1.82) is 0 Å². The molecule has 0 saturated carbocycles. The lowest BCUT2D eigenvalue weighted by atomic mass is 9.64. The maximum atomic E-state index is 14.9. The van der Waals surface area contributed by atoms with Gasteiger partial charge in [0.15, 0.2) is 11.6 Å². The Hall–Kier alpha value is -4.29. The predicted molar refractivity (Wildman–Crippen MR) is 169 cm³/mol. The van der Waals surface area contributed by atoms with Gasteiger partial charge in [-0.3, -0.25) is 14.4 Å². The fraction of sp³-hybridized carbons (Fsp3) is 0.250. The van der Waals surface area contributed by atoms with Crippen LogP contribution >= 0.6 is 11.3 Å². The van der Waals surface area contributed by atoms with Gasteiger partial charge in [-0.1, -0.05) is 79.6 Å².